The van der Waals surface area contributed by atoms with E-state index >= 15 is 0 Å². The quantitative estimate of drug-likeness (QED) is 0.760. The van der Waals surface area contributed by atoms with Gasteiger partial charge in [-0.2, -0.15) is 0 Å². The molecule has 0 aliphatic carbocycles. The Bertz CT molecular complexity index is 405. The van der Waals surface area contributed by atoms with Crippen LogP contribution in [0.25, 0.3) is 0 Å². The van der Waals surface area contributed by atoms with E-state index in [-0.39, 0.29) is 17.1 Å². The normalized spacial score (nSPS) is 15.9. The SMILES string of the molecule is O=C(CSC1COC1)c1cc(F)ccc1F. The third-order valence-electron chi connectivity index (χ3n) is 2.29. The lowest BCUT2D eigenvalue weighted by Gasteiger charge is -2.24. The molecule has 5 heteroatoms. The van der Waals surface area contributed by atoms with Gasteiger partial charge in [0.2, 0.25) is 0 Å². The van der Waals surface area contributed by atoms with Crippen molar-refractivity contribution in [3.05, 3.63) is 35.4 Å². The highest BCUT2D eigenvalue weighted by Crippen LogP contribution is 2.21. The Hall–Kier alpha value is -0.940. The first kappa shape index (κ1) is 11.5. The van der Waals surface area contributed by atoms with Crippen LogP contribution in [0.4, 0.5) is 8.78 Å². The Kier molecular flexibility index (Phi) is 3.56. The van der Waals surface area contributed by atoms with E-state index in [0.717, 1.165) is 18.2 Å². The molecule has 0 bridgehead atoms. The molecule has 1 fully saturated rings. The van der Waals surface area contributed by atoms with Gasteiger partial charge >= 0.3 is 0 Å². The van der Waals surface area contributed by atoms with Gasteiger partial charge in [0.1, 0.15) is 11.6 Å². The number of rotatable bonds is 4. The van der Waals surface area contributed by atoms with E-state index in [1.165, 1.54) is 11.8 Å². The first-order valence-corrected chi connectivity index (χ1v) is 5.89. The minimum absolute atomic E-state index is 0.161. The van der Waals surface area contributed by atoms with Crippen LogP contribution in [0, 0.1) is 11.6 Å². The molecule has 0 atom stereocenters. The van der Waals surface area contributed by atoms with E-state index in [2.05, 4.69) is 0 Å². The summed E-state index contributed by atoms with van der Waals surface area (Å²) >= 11 is 1.42. The topological polar surface area (TPSA) is 26.3 Å². The number of carbonyl (C=O) groups excluding carboxylic acids is 1. The van der Waals surface area contributed by atoms with Crippen molar-refractivity contribution in [2.24, 2.45) is 0 Å². The number of hydrogen-bond acceptors (Lipinski definition) is 3. The summed E-state index contributed by atoms with van der Waals surface area (Å²) in [7, 11) is 0. The minimum atomic E-state index is -0.670. The predicted molar refractivity (Wildman–Crippen MR) is 57.8 cm³/mol. The summed E-state index contributed by atoms with van der Waals surface area (Å²) in [5.74, 6) is -1.48. The highest BCUT2D eigenvalue weighted by atomic mass is 32.2. The standard InChI is InChI=1S/C11H10F2O2S/c12-7-1-2-10(13)9(3-7)11(14)6-16-8-4-15-5-8/h1-3,8H,4-6H2. The van der Waals surface area contributed by atoms with E-state index in [1.54, 1.807) is 0 Å². The van der Waals surface area contributed by atoms with E-state index in [4.69, 9.17) is 4.74 Å². The third kappa shape index (κ3) is 2.59. The van der Waals surface area contributed by atoms with Gasteiger partial charge in [-0.25, -0.2) is 8.78 Å². The van der Waals surface area contributed by atoms with Gasteiger partial charge in [0.05, 0.1) is 29.8 Å². The molecule has 2 nitrogen and oxygen atoms in total. The molecular weight excluding hydrogens is 234 g/mol. The Balaban J connectivity index is 1.99. The van der Waals surface area contributed by atoms with E-state index in [0.29, 0.717) is 18.5 Å². The third-order valence-corrected chi connectivity index (χ3v) is 3.46. The number of carbonyl (C=O) groups is 1. The number of halogens is 2. The second kappa shape index (κ2) is 4.93. The van der Waals surface area contributed by atoms with Crippen molar-refractivity contribution >= 4 is 17.5 Å². The molecule has 0 radical (unpaired) electrons. The van der Waals surface area contributed by atoms with Crippen LogP contribution < -0.4 is 0 Å². The van der Waals surface area contributed by atoms with Gasteiger partial charge in [-0.1, -0.05) is 0 Å². The monoisotopic (exact) mass is 244 g/mol. The highest BCUT2D eigenvalue weighted by molar-refractivity contribution is 8.00. The van der Waals surface area contributed by atoms with Gasteiger partial charge in [-0.15, -0.1) is 11.8 Å². The van der Waals surface area contributed by atoms with Crippen LogP contribution in [-0.4, -0.2) is 30.0 Å². The number of benzene rings is 1. The van der Waals surface area contributed by atoms with Crippen LogP contribution in [0.3, 0.4) is 0 Å². The highest BCUT2D eigenvalue weighted by Gasteiger charge is 2.21. The van der Waals surface area contributed by atoms with Crippen molar-refractivity contribution in [2.75, 3.05) is 19.0 Å². The molecule has 1 heterocycles. The summed E-state index contributed by atoms with van der Waals surface area (Å²) in [6.07, 6.45) is 0. The first-order valence-electron chi connectivity index (χ1n) is 4.84. The average Bonchev–Trinajstić information content (AvgIpc) is 2.19. The average molecular weight is 244 g/mol. The van der Waals surface area contributed by atoms with Crippen molar-refractivity contribution < 1.29 is 18.3 Å². The van der Waals surface area contributed by atoms with E-state index in [9.17, 15) is 13.6 Å². The predicted octanol–water partition coefficient (Wildman–Crippen LogP) is 2.28. The van der Waals surface area contributed by atoms with Crippen LogP contribution in [0.5, 0.6) is 0 Å². The van der Waals surface area contributed by atoms with Gasteiger partial charge < -0.3 is 4.74 Å². The van der Waals surface area contributed by atoms with Gasteiger partial charge in [0.25, 0.3) is 0 Å². The van der Waals surface area contributed by atoms with E-state index in [1.807, 2.05) is 0 Å². The van der Waals surface area contributed by atoms with Crippen LogP contribution in [0.1, 0.15) is 10.4 Å². The molecule has 1 saturated heterocycles. The Labute approximate surface area is 96.0 Å². The molecule has 1 aromatic rings. The first-order chi connectivity index (χ1) is 7.66. The van der Waals surface area contributed by atoms with Crippen LogP contribution in [0.2, 0.25) is 0 Å². The largest absolute Gasteiger partial charge is 0.379 e. The van der Waals surface area contributed by atoms with Crippen LogP contribution in [-0.2, 0) is 4.74 Å². The Morgan fingerprint density at radius 1 is 1.44 bits per heavy atom. The zero-order valence-electron chi connectivity index (χ0n) is 8.41. The molecule has 0 aromatic heterocycles. The summed E-state index contributed by atoms with van der Waals surface area (Å²) in [5, 5.41) is 0.306. The minimum Gasteiger partial charge on any atom is -0.379 e. The second-order valence-electron chi connectivity index (χ2n) is 3.52. The molecule has 0 N–H and O–H groups in total. The van der Waals surface area contributed by atoms with Gasteiger partial charge in [-0.05, 0) is 18.2 Å². The number of ether oxygens (including phenoxy) is 1. The maximum atomic E-state index is 13.2. The number of thioether (sulfide) groups is 1. The summed E-state index contributed by atoms with van der Waals surface area (Å²) < 4.78 is 31.0. The van der Waals surface area contributed by atoms with Crippen molar-refractivity contribution in [3.8, 4) is 0 Å². The summed E-state index contributed by atoms with van der Waals surface area (Å²) in [6.45, 7) is 1.26. The van der Waals surface area contributed by atoms with Gasteiger partial charge in [0.15, 0.2) is 5.78 Å². The van der Waals surface area contributed by atoms with Crippen molar-refractivity contribution in [1.29, 1.82) is 0 Å². The lowest BCUT2D eigenvalue weighted by atomic mass is 10.1. The molecule has 16 heavy (non-hydrogen) atoms. The van der Waals surface area contributed by atoms with Crippen LogP contribution in [0.15, 0.2) is 18.2 Å². The molecule has 0 spiro atoms. The maximum absolute atomic E-state index is 13.2. The maximum Gasteiger partial charge on any atom is 0.175 e. The van der Waals surface area contributed by atoms with Crippen molar-refractivity contribution in [3.63, 3.8) is 0 Å². The molecule has 2 rings (SSSR count). The molecule has 1 aromatic carbocycles. The van der Waals surface area contributed by atoms with Crippen molar-refractivity contribution in [1.82, 2.24) is 0 Å². The molecule has 0 saturated carbocycles. The fourth-order valence-electron chi connectivity index (χ4n) is 1.29. The fraction of sp³-hybridized carbons (Fsp3) is 0.364. The van der Waals surface area contributed by atoms with Gasteiger partial charge in [0, 0.05) is 0 Å². The fourth-order valence-corrected chi connectivity index (χ4v) is 2.22. The lowest BCUT2D eigenvalue weighted by Crippen LogP contribution is -2.31. The lowest BCUT2D eigenvalue weighted by molar-refractivity contribution is 0.0455. The molecule has 0 unspecified atom stereocenters. The Morgan fingerprint density at radius 3 is 2.81 bits per heavy atom. The molecule has 1 aliphatic heterocycles. The summed E-state index contributed by atoms with van der Waals surface area (Å²) in [5.41, 5.74) is -0.173. The number of hydrogen-bond donors (Lipinski definition) is 0. The van der Waals surface area contributed by atoms with Gasteiger partial charge in [-0.3, -0.25) is 4.79 Å². The Morgan fingerprint density at radius 2 is 2.19 bits per heavy atom. The number of Topliss-reactive ketones (excluding diaryl/α,β-unsaturated/α-hetero) is 1. The smallest absolute Gasteiger partial charge is 0.175 e. The summed E-state index contributed by atoms with van der Waals surface area (Å²) in [4.78, 5) is 11.6. The molecular formula is C11H10F2O2S. The molecule has 86 valence electrons. The van der Waals surface area contributed by atoms with Crippen molar-refractivity contribution in [2.45, 2.75) is 5.25 Å². The summed E-state index contributed by atoms with van der Waals surface area (Å²) in [6, 6.07) is 2.91. The van der Waals surface area contributed by atoms with E-state index < -0.39 is 11.6 Å². The number of ketones is 1. The zero-order valence-corrected chi connectivity index (χ0v) is 9.23. The zero-order chi connectivity index (χ0) is 11.5. The van der Waals surface area contributed by atoms with Crippen LogP contribution >= 0.6 is 11.8 Å². The second-order valence-corrected chi connectivity index (χ2v) is 4.81. The molecule has 0 amide bonds. The molecule has 1 aliphatic rings.